The van der Waals surface area contributed by atoms with Crippen LogP contribution in [0.2, 0.25) is 5.02 Å². The van der Waals surface area contributed by atoms with Crippen molar-refractivity contribution in [1.29, 1.82) is 0 Å². The number of hydrogen-bond acceptors (Lipinski definition) is 6. The van der Waals surface area contributed by atoms with Gasteiger partial charge in [-0.1, -0.05) is 42.0 Å². The molecule has 0 aromatic heterocycles. The van der Waals surface area contributed by atoms with E-state index in [-0.39, 0.29) is 32.9 Å². The molecule has 6 nitrogen and oxygen atoms in total. The Hall–Kier alpha value is -1.75. The molecule has 3 aliphatic rings. The minimum atomic E-state index is 0. The van der Waals surface area contributed by atoms with E-state index in [0.29, 0.717) is 30.2 Å². The van der Waals surface area contributed by atoms with Gasteiger partial charge >= 0.3 is 0 Å². The van der Waals surface area contributed by atoms with Crippen LogP contribution in [0.4, 0.5) is 0 Å². The number of allylic oxidation sites excluding steroid dienone is 4. The minimum Gasteiger partial charge on any atom is -0.396 e. The van der Waals surface area contributed by atoms with Crippen LogP contribution in [0.15, 0.2) is 48.1 Å². The van der Waals surface area contributed by atoms with Gasteiger partial charge in [0.15, 0.2) is 5.78 Å². The van der Waals surface area contributed by atoms with Gasteiger partial charge < -0.3 is 19.5 Å². The van der Waals surface area contributed by atoms with Crippen molar-refractivity contribution < 1.29 is 44.7 Å². The van der Waals surface area contributed by atoms with Gasteiger partial charge in [-0.25, -0.2) is 0 Å². The molecular formula is C26H34ClNO5Re. The van der Waals surface area contributed by atoms with Gasteiger partial charge in [-0.2, -0.15) is 0 Å². The Morgan fingerprint density at radius 3 is 2.26 bits per heavy atom. The maximum Gasteiger partial charge on any atom is 0.159 e. The van der Waals surface area contributed by atoms with Crippen molar-refractivity contribution in [2.45, 2.75) is 56.5 Å². The van der Waals surface area contributed by atoms with Crippen LogP contribution in [0.1, 0.15) is 50.0 Å². The number of Topliss-reactive ketones (excluding diaryl/α,β-unsaturated/α-hetero) is 1. The van der Waals surface area contributed by atoms with Gasteiger partial charge in [0.05, 0.1) is 0 Å². The van der Waals surface area contributed by atoms with E-state index in [1.54, 1.807) is 0 Å². The van der Waals surface area contributed by atoms with Gasteiger partial charge in [-0.15, -0.1) is 0 Å². The smallest absolute Gasteiger partial charge is 0.159 e. The van der Waals surface area contributed by atoms with Crippen molar-refractivity contribution >= 4 is 37.8 Å². The van der Waals surface area contributed by atoms with E-state index in [4.69, 9.17) is 26.0 Å². The second-order valence-electron chi connectivity index (χ2n) is 8.13. The van der Waals surface area contributed by atoms with Gasteiger partial charge in [0, 0.05) is 56.5 Å². The first-order valence-corrected chi connectivity index (χ1v) is 11.4. The summed E-state index contributed by atoms with van der Waals surface area (Å²) in [4.78, 5) is 38.9. The molecule has 1 aromatic rings. The average molecular weight is 662 g/mol. The van der Waals surface area contributed by atoms with Gasteiger partial charge in [-0.05, 0) is 67.8 Å². The van der Waals surface area contributed by atoms with Crippen molar-refractivity contribution in [2.24, 2.45) is 5.92 Å². The minimum absolute atomic E-state index is 0. The number of carbonyl (C=O) groups is 4. The number of hydrogen-bond donors (Lipinski definition) is 1. The molecule has 2 fully saturated rings. The molecule has 2 bridgehead atoms. The first kappa shape index (κ1) is 32.3. The fraction of sp³-hybridized carbons (Fsp3) is 0.462. The zero-order valence-corrected chi connectivity index (χ0v) is 22.9. The predicted octanol–water partition coefficient (Wildman–Crippen LogP) is 3.95. The first-order valence-electron chi connectivity index (χ1n) is 11.0. The van der Waals surface area contributed by atoms with E-state index in [2.05, 4.69) is 17.0 Å². The molecule has 4 unspecified atom stereocenters. The second kappa shape index (κ2) is 17.7. The maximum absolute atomic E-state index is 12.3. The fourth-order valence-electron chi connectivity index (χ4n) is 5.34. The van der Waals surface area contributed by atoms with Crippen LogP contribution in [0.3, 0.4) is 0 Å². The summed E-state index contributed by atoms with van der Waals surface area (Å²) in [5, 5.41) is 10.9. The van der Waals surface area contributed by atoms with Gasteiger partial charge in [0.1, 0.15) is 20.4 Å². The standard InChI is InChI=1S/C23H28ClNO2.3CH2O.Re/c24-18-9-7-16(8-10-18)20-14-19-11-12-22(21(20)15-26)25(19)13-3-6-23(27)17-4-1-2-5-17;3*1-2;/h1-2,4,7-10,19-22,26H,3,5-6,11-15H2;3*1H2;. The Morgan fingerprint density at radius 1 is 1.06 bits per heavy atom. The third-order valence-corrected chi connectivity index (χ3v) is 6.94. The Kier molecular flexibility index (Phi) is 16.7. The van der Waals surface area contributed by atoms with Crippen molar-refractivity contribution in [3.05, 3.63) is 58.7 Å². The zero-order chi connectivity index (χ0) is 24.8. The normalized spacial score (nSPS) is 24.1. The Labute approximate surface area is 221 Å². The molecule has 1 radical (unpaired) electrons. The molecule has 8 heteroatoms. The number of ketones is 1. The number of halogens is 1. The van der Waals surface area contributed by atoms with Crippen molar-refractivity contribution in [2.75, 3.05) is 13.2 Å². The molecule has 2 aliphatic heterocycles. The molecule has 1 N–H and O–H groups in total. The van der Waals surface area contributed by atoms with Gasteiger partial charge in [0.2, 0.25) is 0 Å². The van der Waals surface area contributed by atoms with E-state index in [1.807, 2.05) is 50.7 Å². The van der Waals surface area contributed by atoms with Crippen LogP contribution in [0.25, 0.3) is 0 Å². The molecule has 0 spiro atoms. The van der Waals surface area contributed by atoms with E-state index in [0.717, 1.165) is 42.8 Å². The molecule has 0 saturated carbocycles. The van der Waals surface area contributed by atoms with Crippen LogP contribution in [0, 0.1) is 5.92 Å². The van der Waals surface area contributed by atoms with Crippen molar-refractivity contribution in [1.82, 2.24) is 4.90 Å². The van der Waals surface area contributed by atoms with Crippen molar-refractivity contribution in [3.63, 3.8) is 0 Å². The third-order valence-electron chi connectivity index (χ3n) is 6.69. The van der Waals surface area contributed by atoms with Crippen LogP contribution in [-0.4, -0.2) is 61.4 Å². The van der Waals surface area contributed by atoms with Crippen molar-refractivity contribution in [3.8, 4) is 0 Å². The first-order chi connectivity index (χ1) is 16.2. The molecule has 34 heavy (non-hydrogen) atoms. The fourth-order valence-corrected chi connectivity index (χ4v) is 5.47. The number of rotatable bonds is 7. The number of fused-ring (bicyclic) bond motifs is 2. The van der Waals surface area contributed by atoms with Crippen LogP contribution in [-0.2, 0) is 39.6 Å². The van der Waals surface area contributed by atoms with E-state index >= 15 is 0 Å². The second-order valence-corrected chi connectivity index (χ2v) is 8.56. The Bertz CT molecular complexity index is 796. The molecule has 187 valence electrons. The summed E-state index contributed by atoms with van der Waals surface area (Å²) in [6.45, 7) is 7.18. The zero-order valence-electron chi connectivity index (χ0n) is 19.4. The Morgan fingerprint density at radius 2 is 1.71 bits per heavy atom. The van der Waals surface area contributed by atoms with Gasteiger partial charge in [0.25, 0.3) is 0 Å². The Balaban J connectivity index is 0.00000145. The van der Waals surface area contributed by atoms with Crippen LogP contribution >= 0.6 is 11.6 Å². The molecule has 0 amide bonds. The number of carbonyl (C=O) groups excluding carboxylic acids is 4. The molecule has 4 atom stereocenters. The molecular weight excluding hydrogens is 628 g/mol. The number of piperidine rings is 1. The number of benzene rings is 1. The molecule has 2 heterocycles. The summed E-state index contributed by atoms with van der Waals surface area (Å²) < 4.78 is 0. The number of aliphatic hydroxyl groups excluding tert-OH is 1. The van der Waals surface area contributed by atoms with Crippen LogP contribution in [0.5, 0.6) is 0 Å². The summed E-state index contributed by atoms with van der Waals surface area (Å²) in [7, 11) is 0. The summed E-state index contributed by atoms with van der Waals surface area (Å²) in [6.07, 6.45) is 11.8. The molecule has 1 aliphatic carbocycles. The monoisotopic (exact) mass is 662 g/mol. The number of nitrogens with zero attached hydrogens (tertiary/aromatic N) is 1. The topological polar surface area (TPSA) is 91.8 Å². The SMILES string of the molecule is C=O.C=O.C=O.O=C(CCCN1C2CCC1C(CO)C(c1ccc(Cl)cc1)C2)C1=CC=CC1.[Re]. The molecule has 1 aromatic carbocycles. The van der Waals surface area contributed by atoms with E-state index in [1.165, 1.54) is 12.0 Å². The quantitative estimate of drug-likeness (QED) is 0.476. The molecule has 2 saturated heterocycles. The summed E-state index contributed by atoms with van der Waals surface area (Å²) in [5.74, 6) is 0.960. The summed E-state index contributed by atoms with van der Waals surface area (Å²) in [5.41, 5.74) is 2.25. The predicted molar refractivity (Wildman–Crippen MR) is 130 cm³/mol. The largest absolute Gasteiger partial charge is 0.396 e. The van der Waals surface area contributed by atoms with Crippen LogP contribution < -0.4 is 0 Å². The number of aliphatic hydroxyl groups is 1. The molecule has 4 rings (SSSR count). The average Bonchev–Trinajstić information content (AvgIpc) is 3.51. The van der Waals surface area contributed by atoms with Gasteiger partial charge in [-0.3, -0.25) is 9.69 Å². The van der Waals surface area contributed by atoms with E-state index < -0.39 is 0 Å². The third kappa shape index (κ3) is 8.18. The summed E-state index contributed by atoms with van der Waals surface area (Å²) in [6, 6.07) is 9.15. The van der Waals surface area contributed by atoms with E-state index in [9.17, 15) is 9.90 Å². The summed E-state index contributed by atoms with van der Waals surface area (Å²) >= 11 is 6.05. The maximum atomic E-state index is 12.3.